The molecule has 108 valence electrons. The minimum atomic E-state index is -3.42. The average Bonchev–Trinajstić information content (AvgIpc) is 3.03. The molecule has 0 radical (unpaired) electrons. The van der Waals surface area contributed by atoms with Crippen LogP contribution in [0.2, 0.25) is 0 Å². The summed E-state index contributed by atoms with van der Waals surface area (Å²) in [6, 6.07) is 1.78. The summed E-state index contributed by atoms with van der Waals surface area (Å²) in [5, 5.41) is 3.05. The zero-order chi connectivity index (χ0) is 14.3. The van der Waals surface area contributed by atoms with Crippen molar-refractivity contribution in [2.24, 2.45) is 5.92 Å². The first kappa shape index (κ1) is 15.0. The Morgan fingerprint density at radius 2 is 2.05 bits per heavy atom. The van der Waals surface area contributed by atoms with Crippen LogP contribution in [0.1, 0.15) is 36.4 Å². The van der Waals surface area contributed by atoms with Gasteiger partial charge in [0.05, 0.1) is 4.90 Å². The Bertz CT molecular complexity index is 557. The highest BCUT2D eigenvalue weighted by Gasteiger charge is 2.41. The lowest BCUT2D eigenvalue weighted by atomic mass is 10.0. The molecule has 0 spiro atoms. The van der Waals surface area contributed by atoms with Crippen LogP contribution in [0.3, 0.4) is 0 Å². The van der Waals surface area contributed by atoms with Crippen LogP contribution in [0, 0.1) is 12.8 Å². The lowest BCUT2D eigenvalue weighted by molar-refractivity contribution is 0.400. The van der Waals surface area contributed by atoms with E-state index in [1.807, 2.05) is 27.8 Å². The quantitative estimate of drug-likeness (QED) is 0.847. The van der Waals surface area contributed by atoms with Gasteiger partial charge in [0, 0.05) is 21.8 Å². The summed E-state index contributed by atoms with van der Waals surface area (Å²) in [5.41, 5.74) is -0.351. The van der Waals surface area contributed by atoms with Gasteiger partial charge in [-0.1, -0.05) is 0 Å². The molecule has 0 aliphatic heterocycles. The highest BCUT2D eigenvalue weighted by Crippen LogP contribution is 2.40. The summed E-state index contributed by atoms with van der Waals surface area (Å²) < 4.78 is 27.9. The van der Waals surface area contributed by atoms with Gasteiger partial charge in [-0.3, -0.25) is 0 Å². The second kappa shape index (κ2) is 5.16. The van der Waals surface area contributed by atoms with E-state index in [0.717, 1.165) is 22.6 Å². The summed E-state index contributed by atoms with van der Waals surface area (Å²) in [6.45, 7) is 6.51. The second-order valence-corrected chi connectivity index (χ2v) is 8.76. The van der Waals surface area contributed by atoms with Crippen molar-refractivity contribution in [2.45, 2.75) is 50.6 Å². The molecule has 2 rings (SSSR count). The van der Waals surface area contributed by atoms with Gasteiger partial charge in [0.2, 0.25) is 10.0 Å². The molecular weight excluding hydrogens is 280 g/mol. The number of sulfonamides is 1. The monoisotopic (exact) mass is 302 g/mol. The number of aryl methyl sites for hydroxylation is 1. The Morgan fingerprint density at radius 3 is 2.58 bits per heavy atom. The molecule has 1 heterocycles. The molecule has 0 unspecified atom stereocenters. The van der Waals surface area contributed by atoms with Crippen molar-refractivity contribution in [3.8, 4) is 0 Å². The average molecular weight is 302 g/mol. The predicted octanol–water partition coefficient (Wildman–Crippen LogP) is 2.24. The fourth-order valence-electron chi connectivity index (χ4n) is 2.34. The maximum absolute atomic E-state index is 12.5. The van der Waals surface area contributed by atoms with E-state index in [0.29, 0.717) is 17.4 Å². The number of hydrogen-bond donors (Lipinski definition) is 2. The minimum absolute atomic E-state index is 0.351. The maximum Gasteiger partial charge on any atom is 0.242 e. The molecule has 1 aliphatic carbocycles. The highest BCUT2D eigenvalue weighted by molar-refractivity contribution is 7.89. The van der Waals surface area contributed by atoms with Gasteiger partial charge in [0.15, 0.2) is 0 Å². The lowest BCUT2D eigenvalue weighted by Gasteiger charge is -2.25. The van der Waals surface area contributed by atoms with Crippen molar-refractivity contribution in [1.82, 2.24) is 10.0 Å². The largest absolute Gasteiger partial charge is 0.315 e. The molecule has 2 N–H and O–H groups in total. The Hall–Kier alpha value is -0.430. The van der Waals surface area contributed by atoms with Crippen molar-refractivity contribution < 1.29 is 8.42 Å². The molecule has 0 aromatic carbocycles. The van der Waals surface area contributed by atoms with E-state index >= 15 is 0 Å². The molecular formula is C13H22N2O2S2. The third-order valence-corrected chi connectivity index (χ3v) is 6.54. The van der Waals surface area contributed by atoms with E-state index < -0.39 is 10.0 Å². The lowest BCUT2D eigenvalue weighted by Crippen LogP contribution is -2.45. The molecule has 0 amide bonds. The maximum atomic E-state index is 12.5. The summed E-state index contributed by atoms with van der Waals surface area (Å²) in [7, 11) is -1.56. The topological polar surface area (TPSA) is 58.2 Å². The van der Waals surface area contributed by atoms with Gasteiger partial charge < -0.3 is 5.32 Å². The summed E-state index contributed by atoms with van der Waals surface area (Å²) in [5.74, 6) is 0.470. The van der Waals surface area contributed by atoms with Gasteiger partial charge in [-0.15, -0.1) is 11.3 Å². The Kier molecular flexibility index (Phi) is 4.07. The fourth-order valence-corrected chi connectivity index (χ4v) is 5.46. The first-order chi connectivity index (χ1) is 8.76. The van der Waals surface area contributed by atoms with Gasteiger partial charge in [0.1, 0.15) is 0 Å². The van der Waals surface area contributed by atoms with Crippen molar-refractivity contribution in [3.63, 3.8) is 0 Å². The fraction of sp³-hybridized carbons (Fsp3) is 0.692. The zero-order valence-electron chi connectivity index (χ0n) is 11.9. The third-order valence-electron chi connectivity index (χ3n) is 3.56. The van der Waals surface area contributed by atoms with Crippen LogP contribution in [-0.2, 0) is 16.6 Å². The van der Waals surface area contributed by atoms with Gasteiger partial charge in [-0.25, -0.2) is 13.1 Å². The van der Waals surface area contributed by atoms with Crippen LogP contribution < -0.4 is 10.0 Å². The summed E-state index contributed by atoms with van der Waals surface area (Å²) >= 11 is 1.53. The molecule has 0 bridgehead atoms. The first-order valence-electron chi connectivity index (χ1n) is 6.54. The molecule has 19 heavy (non-hydrogen) atoms. The standard InChI is InChI=1S/C13H22N2O2S2/c1-9-12(7-11(18-9)8-14-4)19(16,17)15-13(2,3)10-5-6-10/h7,10,14-15H,5-6,8H2,1-4H3. The van der Waals surface area contributed by atoms with Crippen LogP contribution in [0.15, 0.2) is 11.0 Å². The Morgan fingerprint density at radius 1 is 1.42 bits per heavy atom. The van der Waals surface area contributed by atoms with Gasteiger partial charge in [-0.05, 0) is 52.6 Å². The van der Waals surface area contributed by atoms with Crippen molar-refractivity contribution >= 4 is 21.4 Å². The predicted molar refractivity (Wildman–Crippen MR) is 78.9 cm³/mol. The van der Waals surface area contributed by atoms with E-state index in [4.69, 9.17) is 0 Å². The number of nitrogens with one attached hydrogen (secondary N) is 2. The van der Waals surface area contributed by atoms with Crippen LogP contribution in [-0.4, -0.2) is 21.0 Å². The van der Waals surface area contributed by atoms with E-state index in [2.05, 4.69) is 10.0 Å². The molecule has 6 heteroatoms. The van der Waals surface area contributed by atoms with E-state index in [-0.39, 0.29) is 5.54 Å². The Balaban J connectivity index is 2.23. The summed E-state index contributed by atoms with van der Waals surface area (Å²) in [6.07, 6.45) is 2.23. The van der Waals surface area contributed by atoms with Crippen molar-refractivity contribution in [3.05, 3.63) is 15.8 Å². The third kappa shape index (κ3) is 3.37. The van der Waals surface area contributed by atoms with Crippen molar-refractivity contribution in [2.75, 3.05) is 7.05 Å². The van der Waals surface area contributed by atoms with Crippen LogP contribution in [0.5, 0.6) is 0 Å². The van der Waals surface area contributed by atoms with E-state index in [9.17, 15) is 8.42 Å². The first-order valence-corrected chi connectivity index (χ1v) is 8.84. The molecule has 1 aromatic heterocycles. The van der Waals surface area contributed by atoms with Gasteiger partial charge in [-0.2, -0.15) is 0 Å². The van der Waals surface area contributed by atoms with Crippen molar-refractivity contribution in [1.29, 1.82) is 0 Å². The van der Waals surface area contributed by atoms with E-state index in [1.54, 1.807) is 6.07 Å². The second-order valence-electron chi connectivity index (χ2n) is 5.76. The highest BCUT2D eigenvalue weighted by atomic mass is 32.2. The van der Waals surface area contributed by atoms with Crippen LogP contribution in [0.4, 0.5) is 0 Å². The van der Waals surface area contributed by atoms with Gasteiger partial charge >= 0.3 is 0 Å². The number of thiophene rings is 1. The molecule has 4 nitrogen and oxygen atoms in total. The Labute approximate surface area is 119 Å². The molecule has 1 fully saturated rings. The van der Waals surface area contributed by atoms with Crippen LogP contribution in [0.25, 0.3) is 0 Å². The molecule has 0 atom stereocenters. The SMILES string of the molecule is CNCc1cc(S(=O)(=O)NC(C)(C)C2CC2)c(C)s1. The molecule has 0 saturated heterocycles. The minimum Gasteiger partial charge on any atom is -0.315 e. The van der Waals surface area contributed by atoms with Gasteiger partial charge in [0.25, 0.3) is 0 Å². The number of hydrogen-bond acceptors (Lipinski definition) is 4. The summed E-state index contributed by atoms with van der Waals surface area (Å²) in [4.78, 5) is 2.32. The van der Waals surface area contributed by atoms with E-state index in [1.165, 1.54) is 11.3 Å². The normalized spacial score (nSPS) is 16.8. The zero-order valence-corrected chi connectivity index (χ0v) is 13.5. The smallest absolute Gasteiger partial charge is 0.242 e. The molecule has 1 aromatic rings. The van der Waals surface area contributed by atoms with Crippen LogP contribution >= 0.6 is 11.3 Å². The number of rotatable bonds is 6. The molecule has 1 aliphatic rings. The molecule has 1 saturated carbocycles.